The van der Waals surface area contributed by atoms with E-state index in [1.807, 2.05) is 0 Å². The minimum Gasteiger partial charge on any atom is -0.508 e. The van der Waals surface area contributed by atoms with Crippen molar-refractivity contribution in [3.05, 3.63) is 48.0 Å². The van der Waals surface area contributed by atoms with Crippen molar-refractivity contribution in [3.63, 3.8) is 0 Å². The Bertz CT molecular complexity index is 1040. The molecule has 3 amide bonds. The molecule has 1 aromatic heterocycles. The van der Waals surface area contributed by atoms with Gasteiger partial charge in [0.15, 0.2) is 0 Å². The molecule has 2 heterocycles. The maximum absolute atomic E-state index is 13.4. The van der Waals surface area contributed by atoms with E-state index in [4.69, 9.17) is 5.73 Å². The molecular weight excluding hydrogens is 456 g/mol. The van der Waals surface area contributed by atoms with Gasteiger partial charge in [-0.1, -0.05) is 12.1 Å². The number of nitrogens with one attached hydrogen (secondary N) is 3. The van der Waals surface area contributed by atoms with Gasteiger partial charge in [0, 0.05) is 31.3 Å². The fraction of sp³-hybridized carbons (Fsp3) is 0.435. The van der Waals surface area contributed by atoms with Gasteiger partial charge in [0.25, 0.3) is 0 Å². The molecule has 0 radical (unpaired) electrons. The van der Waals surface area contributed by atoms with Crippen molar-refractivity contribution in [1.29, 1.82) is 0 Å². The lowest BCUT2D eigenvalue weighted by molar-refractivity contribution is -0.144. The molecule has 1 aliphatic heterocycles. The minimum atomic E-state index is -1.22. The second-order valence-corrected chi connectivity index (χ2v) is 8.59. The lowest BCUT2D eigenvalue weighted by Gasteiger charge is -2.29. The van der Waals surface area contributed by atoms with Crippen molar-refractivity contribution in [2.24, 2.45) is 5.73 Å². The maximum Gasteiger partial charge on any atom is 0.326 e. The van der Waals surface area contributed by atoms with Crippen molar-refractivity contribution in [2.75, 3.05) is 6.54 Å². The van der Waals surface area contributed by atoms with Crippen LogP contribution in [0.4, 0.5) is 0 Å². The van der Waals surface area contributed by atoms with E-state index < -0.39 is 47.9 Å². The first-order valence-electron chi connectivity index (χ1n) is 11.3. The molecule has 1 aromatic carbocycles. The number of hydrogen-bond donors (Lipinski definition) is 6. The van der Waals surface area contributed by atoms with E-state index in [-0.39, 0.29) is 18.6 Å². The van der Waals surface area contributed by atoms with Crippen LogP contribution in [-0.2, 0) is 32.0 Å². The van der Waals surface area contributed by atoms with Crippen LogP contribution in [0.3, 0.4) is 0 Å². The van der Waals surface area contributed by atoms with E-state index in [2.05, 4.69) is 20.6 Å². The SMILES string of the molecule is CC(N)C(=O)NC(Cc1cnc[nH]1)C(=O)N1CCCC1C(=O)NC(Cc1ccc(O)cc1)C(=O)O. The Kier molecular flexibility index (Phi) is 8.42. The van der Waals surface area contributed by atoms with Crippen molar-refractivity contribution in [2.45, 2.75) is 56.8 Å². The predicted octanol–water partition coefficient (Wildman–Crippen LogP) is -0.707. The third-order valence-corrected chi connectivity index (χ3v) is 5.84. The molecule has 3 rings (SSSR count). The van der Waals surface area contributed by atoms with E-state index in [0.717, 1.165) is 0 Å². The van der Waals surface area contributed by atoms with Crippen LogP contribution in [0.15, 0.2) is 36.8 Å². The molecule has 4 atom stereocenters. The molecule has 1 aliphatic rings. The number of nitrogens with zero attached hydrogens (tertiary/aromatic N) is 2. The Morgan fingerprint density at radius 2 is 1.89 bits per heavy atom. The third kappa shape index (κ3) is 6.79. The normalized spacial score (nSPS) is 17.9. The number of phenolic OH excluding ortho intramolecular Hbond substituents is 1. The number of nitrogens with two attached hydrogens (primary N) is 1. The number of carbonyl (C=O) groups is 4. The molecule has 1 saturated heterocycles. The molecule has 35 heavy (non-hydrogen) atoms. The molecule has 12 nitrogen and oxygen atoms in total. The molecule has 0 saturated carbocycles. The number of imidazole rings is 1. The van der Waals surface area contributed by atoms with Gasteiger partial charge in [-0.3, -0.25) is 14.4 Å². The van der Waals surface area contributed by atoms with Crippen molar-refractivity contribution in [1.82, 2.24) is 25.5 Å². The smallest absolute Gasteiger partial charge is 0.326 e. The lowest BCUT2D eigenvalue weighted by atomic mass is 10.0. The number of H-pyrrole nitrogens is 1. The second-order valence-electron chi connectivity index (χ2n) is 8.59. The first-order chi connectivity index (χ1) is 16.7. The number of amides is 3. The van der Waals surface area contributed by atoms with Crippen LogP contribution in [0.5, 0.6) is 5.75 Å². The van der Waals surface area contributed by atoms with Crippen LogP contribution < -0.4 is 16.4 Å². The summed E-state index contributed by atoms with van der Waals surface area (Å²) in [4.78, 5) is 58.7. The molecule has 188 valence electrons. The summed E-state index contributed by atoms with van der Waals surface area (Å²) < 4.78 is 0. The Balaban J connectivity index is 1.72. The molecule has 2 aromatic rings. The van der Waals surface area contributed by atoms with Crippen LogP contribution in [0, 0.1) is 0 Å². The van der Waals surface area contributed by atoms with Gasteiger partial charge in [-0.2, -0.15) is 0 Å². The number of carbonyl (C=O) groups excluding carboxylic acids is 3. The molecule has 4 unspecified atom stereocenters. The number of likely N-dealkylation sites (tertiary alicyclic amines) is 1. The average Bonchev–Trinajstić information content (AvgIpc) is 3.51. The van der Waals surface area contributed by atoms with Crippen LogP contribution in [0.1, 0.15) is 31.0 Å². The monoisotopic (exact) mass is 486 g/mol. The van der Waals surface area contributed by atoms with Gasteiger partial charge in [-0.15, -0.1) is 0 Å². The topological polar surface area (TPSA) is 191 Å². The molecule has 1 fully saturated rings. The molecule has 12 heteroatoms. The number of carboxylic acid groups (broad SMARTS) is 1. The fourth-order valence-corrected chi connectivity index (χ4v) is 3.96. The highest BCUT2D eigenvalue weighted by atomic mass is 16.4. The summed E-state index contributed by atoms with van der Waals surface area (Å²) in [5.41, 5.74) is 6.89. The van der Waals surface area contributed by atoms with Crippen LogP contribution >= 0.6 is 0 Å². The Labute approximate surface area is 201 Å². The molecule has 0 aliphatic carbocycles. The zero-order valence-corrected chi connectivity index (χ0v) is 19.3. The Morgan fingerprint density at radius 1 is 1.17 bits per heavy atom. The van der Waals surface area contributed by atoms with Crippen molar-refractivity contribution in [3.8, 4) is 5.75 Å². The number of aromatic hydroxyl groups is 1. The van der Waals surface area contributed by atoms with Gasteiger partial charge < -0.3 is 36.5 Å². The number of aliphatic carboxylic acids is 1. The molecule has 0 spiro atoms. The zero-order chi connectivity index (χ0) is 25.5. The van der Waals surface area contributed by atoms with Gasteiger partial charge >= 0.3 is 5.97 Å². The number of aromatic amines is 1. The first-order valence-corrected chi connectivity index (χ1v) is 11.3. The molecular formula is C23H30N6O6. The highest BCUT2D eigenvalue weighted by Crippen LogP contribution is 2.20. The number of phenols is 1. The molecule has 0 bridgehead atoms. The number of carboxylic acids is 1. The van der Waals surface area contributed by atoms with Crippen LogP contribution in [0.2, 0.25) is 0 Å². The zero-order valence-electron chi connectivity index (χ0n) is 19.3. The standard InChI is InChI=1S/C23H30N6O6/c1-13(24)20(31)27-17(10-15-11-25-12-26-15)22(33)29-8-2-3-19(29)21(32)28-18(23(34)35)9-14-4-6-16(30)7-5-14/h4-7,11-13,17-19,30H,2-3,8-10,24H2,1H3,(H,25,26)(H,27,31)(H,28,32)(H,34,35). The van der Waals surface area contributed by atoms with E-state index in [9.17, 15) is 29.4 Å². The van der Waals surface area contributed by atoms with Crippen molar-refractivity contribution < 1.29 is 29.4 Å². The summed E-state index contributed by atoms with van der Waals surface area (Å²) >= 11 is 0. The number of benzene rings is 1. The van der Waals surface area contributed by atoms with Gasteiger partial charge in [-0.05, 0) is 37.5 Å². The van der Waals surface area contributed by atoms with Gasteiger partial charge in [0.2, 0.25) is 17.7 Å². The van der Waals surface area contributed by atoms with E-state index >= 15 is 0 Å². The summed E-state index contributed by atoms with van der Waals surface area (Å²) in [6.07, 6.45) is 4.04. The molecule has 7 N–H and O–H groups in total. The Morgan fingerprint density at radius 3 is 2.49 bits per heavy atom. The van der Waals surface area contributed by atoms with Gasteiger partial charge in [0.1, 0.15) is 23.9 Å². The first kappa shape index (κ1) is 25.7. The van der Waals surface area contributed by atoms with Gasteiger partial charge in [0.05, 0.1) is 12.4 Å². The summed E-state index contributed by atoms with van der Waals surface area (Å²) in [5.74, 6) is -2.73. The van der Waals surface area contributed by atoms with E-state index in [1.165, 1.54) is 36.5 Å². The van der Waals surface area contributed by atoms with E-state index in [0.29, 0.717) is 30.6 Å². The highest BCUT2D eigenvalue weighted by molar-refractivity contribution is 5.94. The lowest BCUT2D eigenvalue weighted by Crippen LogP contribution is -2.57. The second kappa shape index (κ2) is 11.5. The number of rotatable bonds is 10. The predicted molar refractivity (Wildman–Crippen MR) is 124 cm³/mol. The fourth-order valence-electron chi connectivity index (χ4n) is 3.96. The third-order valence-electron chi connectivity index (χ3n) is 5.84. The number of hydrogen-bond acceptors (Lipinski definition) is 7. The number of aromatic nitrogens is 2. The largest absolute Gasteiger partial charge is 0.508 e. The highest BCUT2D eigenvalue weighted by Gasteiger charge is 2.39. The Hall–Kier alpha value is -3.93. The quantitative estimate of drug-likeness (QED) is 0.254. The minimum absolute atomic E-state index is 0.00884. The summed E-state index contributed by atoms with van der Waals surface area (Å²) in [7, 11) is 0. The summed E-state index contributed by atoms with van der Waals surface area (Å²) in [5, 5.41) is 24.2. The van der Waals surface area contributed by atoms with Crippen LogP contribution in [0.25, 0.3) is 0 Å². The average molecular weight is 487 g/mol. The maximum atomic E-state index is 13.4. The van der Waals surface area contributed by atoms with Crippen LogP contribution in [-0.4, -0.2) is 79.5 Å². The summed E-state index contributed by atoms with van der Waals surface area (Å²) in [6.45, 7) is 1.79. The van der Waals surface area contributed by atoms with Crippen molar-refractivity contribution >= 4 is 23.7 Å². The van der Waals surface area contributed by atoms with Gasteiger partial charge in [-0.25, -0.2) is 9.78 Å². The summed E-state index contributed by atoms with van der Waals surface area (Å²) in [6, 6.07) is 2.11. The van der Waals surface area contributed by atoms with E-state index in [1.54, 1.807) is 12.1 Å².